The van der Waals surface area contributed by atoms with E-state index in [0.29, 0.717) is 31.2 Å². The number of methoxy groups -OCH3 is 1. The number of hydrogen-bond acceptors (Lipinski definition) is 8. The zero-order chi connectivity index (χ0) is 37.6. The second-order valence-electron chi connectivity index (χ2n) is 13.8. The Morgan fingerprint density at radius 1 is 1.12 bits per heavy atom. The van der Waals surface area contributed by atoms with Gasteiger partial charge in [-0.15, -0.1) is 13.2 Å². The minimum Gasteiger partial charge on any atom is -0.455 e. The van der Waals surface area contributed by atoms with Gasteiger partial charge < -0.3 is 34.4 Å². The molecule has 8 atom stereocenters. The van der Waals surface area contributed by atoms with Crippen LogP contribution >= 0.6 is 15.9 Å². The average Bonchev–Trinajstić information content (AvgIpc) is 3.72. The van der Waals surface area contributed by atoms with Crippen molar-refractivity contribution in [3.8, 4) is 0 Å². The number of carbonyl (C=O) groups is 4. The number of ether oxygens (including phenoxy) is 3. The first-order chi connectivity index (χ1) is 25.0. The van der Waals surface area contributed by atoms with E-state index in [2.05, 4.69) is 34.4 Å². The molecule has 1 spiro atoms. The van der Waals surface area contributed by atoms with Crippen LogP contribution in [0.15, 0.2) is 73.8 Å². The van der Waals surface area contributed by atoms with Gasteiger partial charge in [-0.1, -0.05) is 76.6 Å². The van der Waals surface area contributed by atoms with Crippen molar-refractivity contribution in [2.45, 2.75) is 80.7 Å². The number of carbonyl (C=O) groups excluding carboxylic acids is 4. The molecule has 3 amide bonds. The number of aliphatic hydroxyl groups is 1. The van der Waals surface area contributed by atoms with Crippen LogP contribution in [-0.4, -0.2) is 95.7 Å². The van der Waals surface area contributed by atoms with Crippen LogP contribution in [0, 0.1) is 25.7 Å². The highest BCUT2D eigenvalue weighted by molar-refractivity contribution is 9.09. The highest BCUT2D eigenvalue weighted by Gasteiger charge is 2.77. The van der Waals surface area contributed by atoms with Gasteiger partial charge in [0.05, 0.1) is 30.6 Å². The Morgan fingerprint density at radius 3 is 2.46 bits per heavy atom. The second kappa shape index (κ2) is 17.3. The molecule has 0 radical (unpaired) electrons. The van der Waals surface area contributed by atoms with Gasteiger partial charge in [0.25, 0.3) is 5.91 Å². The van der Waals surface area contributed by atoms with E-state index >= 15 is 4.79 Å². The topological polar surface area (TPSA) is 135 Å². The maximum absolute atomic E-state index is 15.0. The van der Waals surface area contributed by atoms with E-state index in [4.69, 9.17) is 14.2 Å². The van der Waals surface area contributed by atoms with Crippen molar-refractivity contribution < 1.29 is 38.5 Å². The Kier molecular flexibility index (Phi) is 13.1. The standard InChI is InChI=1S/C40H50BrN3O8/c1-6-8-19-30(46)42-29(24-50-5)34(27-17-10-9-11-18-27)51-39(49)31-32-37(47)44(21-12-13-22-45)36(40(32)23-28(41)35(31)52-40)38(48)43(20-7-2)33-25(3)15-14-16-26(33)4/h6-7,9-11,14-18,28-29,31-32,34-36,45H,1-2,8,12-13,19-24H2,3-5H3,(H,42,46)/t28?,29-,31-,32+,34-,35-,36-,40+/m0/s1. The number of aryl methyl sites for hydroxylation is 2. The van der Waals surface area contributed by atoms with E-state index in [0.717, 1.165) is 16.8 Å². The van der Waals surface area contributed by atoms with Gasteiger partial charge in [-0.2, -0.15) is 0 Å². The largest absolute Gasteiger partial charge is 0.455 e. The predicted octanol–water partition coefficient (Wildman–Crippen LogP) is 4.72. The monoisotopic (exact) mass is 779 g/mol. The maximum atomic E-state index is 15.0. The summed E-state index contributed by atoms with van der Waals surface area (Å²) in [5, 5.41) is 12.6. The molecule has 3 saturated heterocycles. The molecule has 11 nitrogen and oxygen atoms in total. The van der Waals surface area contributed by atoms with Gasteiger partial charge >= 0.3 is 5.97 Å². The molecule has 3 heterocycles. The Bertz CT molecular complexity index is 1620. The molecule has 2 aromatic carbocycles. The zero-order valence-electron chi connectivity index (χ0n) is 30.2. The SMILES string of the molecule is C=CCCC(=O)N[C@@H](COC)[C@@H](OC(=O)[C@@H]1[C@H]2O[C@@]3(CC2Br)[C@H](C(=O)N(CC=C)c2c(C)cccc2C)N(CCCCO)C(=O)[C@@H]13)c1ccccc1. The number of unbranched alkanes of at least 4 members (excludes halogenated alkanes) is 1. The molecule has 3 aliphatic heterocycles. The van der Waals surface area contributed by atoms with Crippen LogP contribution in [0.25, 0.3) is 0 Å². The predicted molar refractivity (Wildman–Crippen MR) is 201 cm³/mol. The fraction of sp³-hybridized carbons (Fsp3) is 0.500. The first-order valence-electron chi connectivity index (χ1n) is 17.9. The van der Waals surface area contributed by atoms with E-state index in [1.54, 1.807) is 22.0 Å². The third-order valence-corrected chi connectivity index (χ3v) is 11.2. The van der Waals surface area contributed by atoms with Crippen molar-refractivity contribution in [2.24, 2.45) is 11.8 Å². The summed E-state index contributed by atoms with van der Waals surface area (Å²) >= 11 is 3.75. The van der Waals surface area contributed by atoms with Gasteiger partial charge in [0.1, 0.15) is 17.7 Å². The molecular weight excluding hydrogens is 730 g/mol. The number of rotatable bonds is 18. The number of nitrogens with one attached hydrogen (secondary N) is 1. The molecule has 2 bridgehead atoms. The lowest BCUT2D eigenvalue weighted by Gasteiger charge is -2.38. The van der Waals surface area contributed by atoms with E-state index in [1.165, 1.54) is 7.11 Å². The van der Waals surface area contributed by atoms with E-state index < -0.39 is 47.7 Å². The van der Waals surface area contributed by atoms with Gasteiger partial charge in [-0.05, 0) is 56.2 Å². The summed E-state index contributed by atoms with van der Waals surface area (Å²) in [6, 6.07) is 13.1. The fourth-order valence-electron chi connectivity index (χ4n) is 8.24. The van der Waals surface area contributed by atoms with Crippen molar-refractivity contribution in [3.63, 3.8) is 0 Å². The highest BCUT2D eigenvalue weighted by atomic mass is 79.9. The number of alkyl halides is 1. The average molecular weight is 781 g/mol. The Hall–Kier alpha value is -3.84. The first kappa shape index (κ1) is 39.4. The number of hydrogen-bond donors (Lipinski definition) is 2. The molecular formula is C40H50BrN3O8. The highest BCUT2D eigenvalue weighted by Crippen LogP contribution is 2.60. The summed E-state index contributed by atoms with van der Waals surface area (Å²) in [5.74, 6) is -3.63. The normalized spacial score (nSPS) is 25.7. The molecule has 12 heteroatoms. The van der Waals surface area contributed by atoms with Crippen molar-refractivity contribution in [1.82, 2.24) is 10.2 Å². The van der Waals surface area contributed by atoms with E-state index in [1.807, 2.05) is 62.4 Å². The number of aliphatic hydroxyl groups excluding tert-OH is 1. The molecule has 3 aliphatic rings. The van der Waals surface area contributed by atoms with Gasteiger partial charge in [-0.25, -0.2) is 0 Å². The van der Waals surface area contributed by atoms with Crippen LogP contribution in [0.3, 0.4) is 0 Å². The summed E-state index contributed by atoms with van der Waals surface area (Å²) in [4.78, 5) is 60.1. The van der Waals surface area contributed by atoms with E-state index in [-0.39, 0.29) is 55.3 Å². The molecule has 0 saturated carbocycles. The minimum absolute atomic E-state index is 0.0529. The summed E-state index contributed by atoms with van der Waals surface area (Å²) in [7, 11) is 1.50. The van der Waals surface area contributed by atoms with Crippen molar-refractivity contribution in [3.05, 3.63) is 90.5 Å². The molecule has 5 rings (SSSR count). The lowest BCUT2D eigenvalue weighted by atomic mass is 9.70. The number of allylic oxidation sites excluding steroid dienone is 1. The van der Waals surface area contributed by atoms with Gasteiger partial charge in [0.2, 0.25) is 11.8 Å². The number of likely N-dealkylation sites (tertiary alicyclic amines) is 1. The molecule has 1 unspecified atom stereocenters. The van der Waals surface area contributed by atoms with Gasteiger partial charge in [-0.3, -0.25) is 19.2 Å². The van der Waals surface area contributed by atoms with Crippen molar-refractivity contribution >= 4 is 45.3 Å². The lowest BCUT2D eigenvalue weighted by molar-refractivity contribution is -0.163. The molecule has 280 valence electrons. The molecule has 0 aliphatic carbocycles. The third kappa shape index (κ3) is 7.62. The van der Waals surface area contributed by atoms with E-state index in [9.17, 15) is 19.5 Å². The van der Waals surface area contributed by atoms with Gasteiger partial charge in [0, 0.05) is 43.7 Å². The van der Waals surface area contributed by atoms with Crippen LogP contribution in [0.1, 0.15) is 54.9 Å². The molecule has 0 aromatic heterocycles. The number of para-hydroxylation sites is 1. The summed E-state index contributed by atoms with van der Waals surface area (Å²) in [6.07, 6.45) is 3.51. The Balaban J connectivity index is 1.54. The number of esters is 1. The number of amides is 3. The van der Waals surface area contributed by atoms with Crippen molar-refractivity contribution in [1.29, 1.82) is 0 Å². The smallest absolute Gasteiger partial charge is 0.313 e. The number of nitrogens with zero attached hydrogens (tertiary/aromatic N) is 2. The summed E-state index contributed by atoms with van der Waals surface area (Å²) < 4.78 is 18.6. The Morgan fingerprint density at radius 2 is 1.83 bits per heavy atom. The van der Waals surface area contributed by atoms with Gasteiger partial charge in [0.15, 0.2) is 0 Å². The third-order valence-electron chi connectivity index (χ3n) is 10.4. The molecule has 3 fully saturated rings. The maximum Gasteiger partial charge on any atom is 0.313 e. The first-order valence-corrected chi connectivity index (χ1v) is 18.8. The number of anilines is 1. The molecule has 2 N–H and O–H groups in total. The summed E-state index contributed by atoms with van der Waals surface area (Å²) in [5.41, 5.74) is 1.84. The second-order valence-corrected chi connectivity index (χ2v) is 15.0. The van der Waals surface area contributed by atoms with Crippen LogP contribution in [0.4, 0.5) is 5.69 Å². The number of halogens is 1. The van der Waals surface area contributed by atoms with Crippen LogP contribution in [0.5, 0.6) is 0 Å². The quantitative estimate of drug-likeness (QED) is 0.0961. The lowest BCUT2D eigenvalue weighted by Crippen LogP contribution is -2.57. The summed E-state index contributed by atoms with van der Waals surface area (Å²) in [6.45, 7) is 11.9. The molecule has 2 aromatic rings. The number of fused-ring (bicyclic) bond motifs is 1. The number of benzene rings is 2. The zero-order valence-corrected chi connectivity index (χ0v) is 31.8. The van der Waals surface area contributed by atoms with Crippen molar-refractivity contribution in [2.75, 3.05) is 38.3 Å². The van der Waals surface area contributed by atoms with Crippen LogP contribution < -0.4 is 10.2 Å². The Labute approximate surface area is 314 Å². The molecule has 52 heavy (non-hydrogen) atoms. The van der Waals surface area contributed by atoms with Crippen LogP contribution in [0.2, 0.25) is 0 Å². The fourth-order valence-corrected chi connectivity index (χ4v) is 9.18. The van der Waals surface area contributed by atoms with Crippen LogP contribution in [-0.2, 0) is 33.4 Å². The minimum atomic E-state index is -1.32.